The topological polar surface area (TPSA) is 87.1 Å². The highest BCUT2D eigenvalue weighted by atomic mass is 32.2. The quantitative estimate of drug-likeness (QED) is 0.160. The molecule has 0 aliphatic carbocycles. The van der Waals surface area contributed by atoms with Gasteiger partial charge in [0.1, 0.15) is 6.04 Å². The zero-order valence-electron chi connectivity index (χ0n) is 25.7. The maximum atomic E-state index is 14.8. The third kappa shape index (κ3) is 6.33. The highest BCUT2D eigenvalue weighted by molar-refractivity contribution is 8.02. The minimum absolute atomic E-state index is 0.00596. The minimum atomic E-state index is -0.665. The van der Waals surface area contributed by atoms with Crippen LogP contribution >= 0.6 is 11.8 Å². The van der Waals surface area contributed by atoms with Crippen molar-refractivity contribution < 1.29 is 24.2 Å². The predicted octanol–water partition coefficient (Wildman–Crippen LogP) is 5.37. The Kier molecular flexibility index (Phi) is 10.3. The number of amides is 2. The van der Waals surface area contributed by atoms with E-state index in [4.69, 9.17) is 4.74 Å². The normalized spacial score (nSPS) is 29.4. The number of ether oxygens (including phenoxy) is 1. The number of esters is 1. The second-order valence-electron chi connectivity index (χ2n) is 13.9. The first-order valence-corrected chi connectivity index (χ1v) is 15.8. The predicted molar refractivity (Wildman–Crippen MR) is 162 cm³/mol. The number of likely N-dealkylation sites (tertiary alicyclic amines) is 1. The molecule has 1 N–H and O–H groups in total. The fourth-order valence-electron chi connectivity index (χ4n) is 7.67. The fraction of sp³-hybridized carbons (Fsp3) is 0.781. The molecule has 3 aliphatic heterocycles. The van der Waals surface area contributed by atoms with Crippen molar-refractivity contribution in [1.82, 2.24) is 9.80 Å². The van der Waals surface area contributed by atoms with Crippen molar-refractivity contribution >= 4 is 29.5 Å². The summed E-state index contributed by atoms with van der Waals surface area (Å²) in [5.41, 5.74) is -0.466. The first-order valence-electron chi connectivity index (χ1n) is 15.0. The van der Waals surface area contributed by atoms with E-state index < -0.39 is 32.9 Å². The molecule has 0 aromatic carbocycles. The number of aliphatic hydroxyl groups is 1. The van der Waals surface area contributed by atoms with Crippen LogP contribution in [0.1, 0.15) is 92.9 Å². The van der Waals surface area contributed by atoms with Crippen molar-refractivity contribution in [3.8, 4) is 0 Å². The van der Waals surface area contributed by atoms with E-state index >= 15 is 0 Å². The largest absolute Gasteiger partial charge is 0.465 e. The SMILES string of the molecule is C=CCCCOC(=O)[C@H]1[C@H]2C(=O)N(CCCCCO)C(C(=O)N(CC=C)C(C)(C)CC(C)(C)C)C23CC[C@]1(C)S3. The highest BCUT2D eigenvalue weighted by Crippen LogP contribution is 2.71. The molecule has 0 aromatic rings. The second-order valence-corrected chi connectivity index (χ2v) is 15.8. The lowest BCUT2D eigenvalue weighted by atomic mass is 9.66. The Bertz CT molecular complexity index is 975. The van der Waals surface area contributed by atoms with Crippen LogP contribution in [0.5, 0.6) is 0 Å². The van der Waals surface area contributed by atoms with Crippen LogP contribution in [0.3, 0.4) is 0 Å². The Morgan fingerprint density at radius 2 is 1.82 bits per heavy atom. The van der Waals surface area contributed by atoms with Crippen LogP contribution in [-0.4, -0.2) is 80.1 Å². The van der Waals surface area contributed by atoms with Crippen LogP contribution in [-0.2, 0) is 19.1 Å². The molecule has 7 nitrogen and oxygen atoms in total. The summed E-state index contributed by atoms with van der Waals surface area (Å²) in [6.07, 6.45) is 9.43. The number of nitrogens with zero attached hydrogens (tertiary/aromatic N) is 2. The molecule has 0 radical (unpaired) electrons. The number of carbonyl (C=O) groups is 3. The minimum Gasteiger partial charge on any atom is -0.465 e. The lowest BCUT2D eigenvalue weighted by Crippen LogP contribution is -2.60. The summed E-state index contributed by atoms with van der Waals surface area (Å²) in [5.74, 6) is -1.62. The molecule has 1 spiro atoms. The number of allylic oxidation sites excluding steroid dienone is 1. The summed E-state index contributed by atoms with van der Waals surface area (Å²) in [6.45, 7) is 21.7. The number of rotatable bonds is 15. The van der Waals surface area contributed by atoms with Crippen LogP contribution in [0.4, 0.5) is 0 Å². The Morgan fingerprint density at radius 1 is 1.12 bits per heavy atom. The van der Waals surface area contributed by atoms with E-state index in [1.807, 2.05) is 4.90 Å². The van der Waals surface area contributed by atoms with Crippen LogP contribution < -0.4 is 0 Å². The van der Waals surface area contributed by atoms with E-state index in [2.05, 4.69) is 54.7 Å². The lowest BCUT2D eigenvalue weighted by molar-refractivity contribution is -0.155. The fourth-order valence-corrected chi connectivity index (χ4v) is 10.0. The van der Waals surface area contributed by atoms with Gasteiger partial charge in [0, 0.05) is 30.0 Å². The number of hydrogen-bond donors (Lipinski definition) is 1. The number of thioether (sulfide) groups is 1. The van der Waals surface area contributed by atoms with E-state index in [1.54, 1.807) is 28.8 Å². The summed E-state index contributed by atoms with van der Waals surface area (Å²) < 4.78 is 4.62. The Balaban J connectivity index is 2.02. The van der Waals surface area contributed by atoms with Crippen molar-refractivity contribution in [2.45, 2.75) is 114 Å². The van der Waals surface area contributed by atoms with Gasteiger partial charge in [-0.15, -0.1) is 24.9 Å². The van der Waals surface area contributed by atoms with E-state index in [0.717, 1.165) is 32.1 Å². The summed E-state index contributed by atoms with van der Waals surface area (Å²) in [4.78, 5) is 46.3. The van der Waals surface area contributed by atoms with Gasteiger partial charge in [-0.25, -0.2) is 0 Å². The maximum Gasteiger partial charge on any atom is 0.311 e. The zero-order valence-corrected chi connectivity index (χ0v) is 26.5. The van der Waals surface area contributed by atoms with Crippen LogP contribution in [0, 0.1) is 17.3 Å². The molecule has 226 valence electrons. The molecule has 3 heterocycles. The van der Waals surface area contributed by atoms with Gasteiger partial charge < -0.3 is 19.6 Å². The molecule has 3 aliphatic rings. The number of hydrogen-bond acceptors (Lipinski definition) is 6. The van der Waals surface area contributed by atoms with Crippen LogP contribution in [0.2, 0.25) is 0 Å². The summed E-state index contributed by atoms with van der Waals surface area (Å²) in [7, 11) is 0. The number of aliphatic hydroxyl groups excluding tert-OH is 1. The molecule has 2 bridgehead atoms. The van der Waals surface area contributed by atoms with E-state index in [-0.39, 0.29) is 29.8 Å². The van der Waals surface area contributed by atoms with Crippen molar-refractivity contribution in [1.29, 1.82) is 0 Å². The van der Waals surface area contributed by atoms with Crippen molar-refractivity contribution in [3.05, 3.63) is 25.3 Å². The standard InChI is InChI=1S/C32H52N2O5S/c1-9-11-15-21-39-28(38)24-23-26(36)33(19-13-12-14-20-35)25(32(23)17-16-31(24,8)40-32)27(37)34(18-10-2)30(6,7)22-29(3,4)5/h9-10,23-25,35H,1-2,11-22H2,3-8H3/t23-,24+,25?,31-,32?/m0/s1. The molecule has 8 heteroatoms. The Hall–Kier alpha value is -1.80. The monoisotopic (exact) mass is 576 g/mol. The maximum absolute atomic E-state index is 14.8. The van der Waals surface area contributed by atoms with Gasteiger partial charge in [0.2, 0.25) is 11.8 Å². The summed E-state index contributed by atoms with van der Waals surface area (Å²) in [6, 6.07) is -0.649. The van der Waals surface area contributed by atoms with Gasteiger partial charge in [0.25, 0.3) is 0 Å². The van der Waals surface area contributed by atoms with Crippen LogP contribution in [0.25, 0.3) is 0 Å². The molecule has 2 amide bonds. The highest BCUT2D eigenvalue weighted by Gasteiger charge is 2.77. The Labute approximate surface area is 246 Å². The summed E-state index contributed by atoms with van der Waals surface area (Å²) in [5, 5.41) is 9.30. The average Bonchev–Trinajstić information content (AvgIpc) is 3.41. The lowest BCUT2D eigenvalue weighted by Gasteiger charge is -2.46. The molecule has 3 saturated heterocycles. The summed E-state index contributed by atoms with van der Waals surface area (Å²) >= 11 is 1.69. The molecule has 2 unspecified atom stereocenters. The van der Waals surface area contributed by atoms with Crippen LogP contribution in [0.15, 0.2) is 25.3 Å². The van der Waals surface area contributed by atoms with Gasteiger partial charge in [-0.1, -0.05) is 32.9 Å². The van der Waals surface area contributed by atoms with Gasteiger partial charge in [0.15, 0.2) is 0 Å². The van der Waals surface area contributed by atoms with Gasteiger partial charge in [-0.3, -0.25) is 14.4 Å². The van der Waals surface area contributed by atoms with Gasteiger partial charge in [-0.05, 0) is 77.6 Å². The van der Waals surface area contributed by atoms with E-state index in [0.29, 0.717) is 39.0 Å². The smallest absolute Gasteiger partial charge is 0.311 e. The molecule has 3 fully saturated rings. The molecule has 0 aromatic heterocycles. The molecular weight excluding hydrogens is 524 g/mol. The first-order chi connectivity index (χ1) is 18.7. The first kappa shape index (κ1) is 32.7. The molecule has 3 rings (SSSR count). The Morgan fingerprint density at radius 3 is 2.42 bits per heavy atom. The molecule has 0 saturated carbocycles. The van der Waals surface area contributed by atoms with Crippen molar-refractivity contribution in [2.75, 3.05) is 26.3 Å². The number of unbranched alkanes of at least 4 members (excludes halogenated alkanes) is 3. The molecule has 40 heavy (non-hydrogen) atoms. The van der Waals surface area contributed by atoms with Gasteiger partial charge >= 0.3 is 5.97 Å². The number of fused-ring (bicyclic) bond motifs is 1. The third-order valence-electron chi connectivity index (χ3n) is 8.89. The molecule has 5 atom stereocenters. The second kappa shape index (κ2) is 12.6. The van der Waals surface area contributed by atoms with Crippen molar-refractivity contribution in [2.24, 2.45) is 17.3 Å². The van der Waals surface area contributed by atoms with Gasteiger partial charge in [-0.2, -0.15) is 0 Å². The van der Waals surface area contributed by atoms with Crippen molar-refractivity contribution in [3.63, 3.8) is 0 Å². The average molecular weight is 577 g/mol. The van der Waals surface area contributed by atoms with E-state index in [9.17, 15) is 19.5 Å². The van der Waals surface area contributed by atoms with Gasteiger partial charge in [0.05, 0.1) is 23.2 Å². The third-order valence-corrected chi connectivity index (χ3v) is 10.9. The molecular formula is C32H52N2O5S. The van der Waals surface area contributed by atoms with E-state index in [1.165, 1.54) is 0 Å². The zero-order chi connectivity index (χ0) is 29.9. The number of carbonyl (C=O) groups excluding carboxylic acids is 3.